The number of pyridine rings is 1. The van der Waals surface area contributed by atoms with Gasteiger partial charge in [0.05, 0.1) is 25.5 Å². The summed E-state index contributed by atoms with van der Waals surface area (Å²) in [6.07, 6.45) is 9.74. The average Bonchev–Trinajstić information content (AvgIpc) is 3.36. The molecule has 0 aromatic carbocycles. The van der Waals surface area contributed by atoms with Crippen molar-refractivity contribution in [3.05, 3.63) is 35.9 Å². The monoisotopic (exact) mass is 416 g/mol. The minimum atomic E-state index is 0.364. The van der Waals surface area contributed by atoms with Crippen molar-refractivity contribution in [2.75, 3.05) is 33.3 Å². The van der Waals surface area contributed by atoms with E-state index in [1.807, 2.05) is 23.4 Å². The molecule has 2 aliphatic rings. The summed E-state index contributed by atoms with van der Waals surface area (Å²) in [5, 5.41) is 27.4. The fraction of sp³-hybridized carbons (Fsp3) is 0.455. The number of fused-ring (bicyclic) bond motifs is 1. The highest BCUT2D eigenvalue weighted by Crippen LogP contribution is 2.34. The van der Waals surface area contributed by atoms with E-state index < -0.39 is 0 Å². The molecular formula is C22H24N8O. The van der Waals surface area contributed by atoms with Crippen molar-refractivity contribution in [3.8, 4) is 29.1 Å². The van der Waals surface area contributed by atoms with Gasteiger partial charge < -0.3 is 9.64 Å². The fourth-order valence-electron chi connectivity index (χ4n) is 4.82. The van der Waals surface area contributed by atoms with Crippen molar-refractivity contribution < 1.29 is 4.74 Å². The number of rotatable bonds is 4. The molecular weight excluding hydrogens is 392 g/mol. The molecule has 0 amide bonds. The van der Waals surface area contributed by atoms with Crippen LogP contribution in [0.1, 0.15) is 30.1 Å². The average molecular weight is 416 g/mol. The Bertz CT molecular complexity index is 1200. The van der Waals surface area contributed by atoms with Gasteiger partial charge in [-0.15, -0.1) is 0 Å². The molecule has 3 aromatic heterocycles. The summed E-state index contributed by atoms with van der Waals surface area (Å²) in [7, 11) is 1.60. The minimum Gasteiger partial charge on any atom is -0.494 e. The van der Waals surface area contributed by atoms with Gasteiger partial charge in [0.2, 0.25) is 0 Å². The highest BCUT2D eigenvalue weighted by atomic mass is 16.5. The van der Waals surface area contributed by atoms with Gasteiger partial charge in [-0.3, -0.25) is 9.58 Å². The Morgan fingerprint density at radius 3 is 2.55 bits per heavy atom. The zero-order valence-electron chi connectivity index (χ0n) is 17.7. The van der Waals surface area contributed by atoms with Crippen LogP contribution in [0.5, 0.6) is 5.75 Å². The van der Waals surface area contributed by atoms with E-state index in [1.54, 1.807) is 17.8 Å². The lowest BCUT2D eigenvalue weighted by atomic mass is 9.97. The molecule has 0 N–H and O–H groups in total. The summed E-state index contributed by atoms with van der Waals surface area (Å²) in [6.45, 7) is 5.80. The van der Waals surface area contributed by atoms with Gasteiger partial charge in [-0.05, 0) is 25.8 Å². The molecule has 0 radical (unpaired) electrons. The summed E-state index contributed by atoms with van der Waals surface area (Å²) in [5.41, 5.74) is 4.27. The SMILES string of the molecule is COc1cc(-c2cnn(C3CN(C4CCN(C#N)CC4)C3)c2C)cn2ncc(C#N)c12. The van der Waals surface area contributed by atoms with E-state index in [9.17, 15) is 5.26 Å². The first-order chi connectivity index (χ1) is 15.1. The van der Waals surface area contributed by atoms with Crippen LogP contribution in [-0.2, 0) is 0 Å². The molecule has 0 saturated carbocycles. The van der Waals surface area contributed by atoms with Gasteiger partial charge in [-0.1, -0.05) is 0 Å². The molecule has 0 bridgehead atoms. The molecule has 0 spiro atoms. The molecule has 2 saturated heterocycles. The Morgan fingerprint density at radius 1 is 1.10 bits per heavy atom. The summed E-state index contributed by atoms with van der Waals surface area (Å²) < 4.78 is 9.36. The molecule has 3 aromatic rings. The number of ether oxygens (including phenoxy) is 1. The van der Waals surface area contributed by atoms with E-state index in [0.29, 0.717) is 28.9 Å². The first kappa shape index (κ1) is 19.4. The lowest BCUT2D eigenvalue weighted by Crippen LogP contribution is -2.55. The first-order valence-corrected chi connectivity index (χ1v) is 10.5. The first-order valence-electron chi connectivity index (χ1n) is 10.5. The molecule has 9 heteroatoms. The third-order valence-corrected chi connectivity index (χ3v) is 6.63. The van der Waals surface area contributed by atoms with Crippen LogP contribution in [0, 0.1) is 29.7 Å². The van der Waals surface area contributed by atoms with E-state index >= 15 is 0 Å². The smallest absolute Gasteiger partial charge is 0.179 e. The van der Waals surface area contributed by atoms with Gasteiger partial charge >= 0.3 is 0 Å². The zero-order chi connectivity index (χ0) is 21.5. The number of piperidine rings is 1. The summed E-state index contributed by atoms with van der Waals surface area (Å²) >= 11 is 0. The molecule has 0 aliphatic carbocycles. The van der Waals surface area contributed by atoms with E-state index in [0.717, 1.165) is 55.8 Å². The van der Waals surface area contributed by atoms with Gasteiger partial charge in [0.25, 0.3) is 0 Å². The number of aromatic nitrogens is 4. The topological polar surface area (TPSA) is 98.4 Å². The van der Waals surface area contributed by atoms with Gasteiger partial charge in [0.1, 0.15) is 22.9 Å². The third kappa shape index (κ3) is 3.18. The Kier molecular flexibility index (Phi) is 4.76. The number of hydrogen-bond acceptors (Lipinski definition) is 7. The van der Waals surface area contributed by atoms with Gasteiger partial charge in [0.15, 0.2) is 6.19 Å². The number of likely N-dealkylation sites (tertiary alicyclic amines) is 2. The van der Waals surface area contributed by atoms with Crippen LogP contribution in [0.15, 0.2) is 24.7 Å². The minimum absolute atomic E-state index is 0.364. The molecule has 158 valence electrons. The van der Waals surface area contributed by atoms with E-state index in [4.69, 9.17) is 15.1 Å². The van der Waals surface area contributed by atoms with Crippen LogP contribution >= 0.6 is 0 Å². The van der Waals surface area contributed by atoms with Crippen molar-refractivity contribution in [1.82, 2.24) is 29.2 Å². The number of nitriles is 2. The lowest BCUT2D eigenvalue weighted by Gasteiger charge is -2.46. The van der Waals surface area contributed by atoms with Crippen molar-refractivity contribution in [2.45, 2.75) is 31.8 Å². The van der Waals surface area contributed by atoms with Crippen LogP contribution in [0.3, 0.4) is 0 Å². The number of nitrogens with zero attached hydrogens (tertiary/aromatic N) is 8. The van der Waals surface area contributed by atoms with Crippen molar-refractivity contribution in [1.29, 1.82) is 10.5 Å². The third-order valence-electron chi connectivity index (χ3n) is 6.63. The summed E-state index contributed by atoms with van der Waals surface area (Å²) in [4.78, 5) is 4.37. The largest absolute Gasteiger partial charge is 0.494 e. The predicted molar refractivity (Wildman–Crippen MR) is 113 cm³/mol. The number of hydrogen-bond donors (Lipinski definition) is 0. The lowest BCUT2D eigenvalue weighted by molar-refractivity contribution is 0.0272. The van der Waals surface area contributed by atoms with Crippen LogP contribution in [0.2, 0.25) is 0 Å². The van der Waals surface area contributed by atoms with E-state index in [-0.39, 0.29) is 0 Å². The second-order valence-corrected chi connectivity index (χ2v) is 8.27. The van der Waals surface area contributed by atoms with Crippen molar-refractivity contribution >= 4 is 5.52 Å². The molecule has 0 unspecified atom stereocenters. The Morgan fingerprint density at radius 2 is 1.87 bits per heavy atom. The van der Waals surface area contributed by atoms with Gasteiger partial charge in [-0.2, -0.15) is 20.7 Å². The van der Waals surface area contributed by atoms with Crippen LogP contribution in [0.4, 0.5) is 0 Å². The maximum Gasteiger partial charge on any atom is 0.179 e. The van der Waals surface area contributed by atoms with Crippen molar-refractivity contribution in [2.24, 2.45) is 0 Å². The standard InChI is InChI=1S/C22H24N8O/c1-15-20(16-7-21(31-2)22-17(8-23)9-25-29(22)11-16)10-26-30(15)19-12-28(13-19)18-3-5-27(14-24)6-4-18/h7,9-11,18-19H,3-6,12-13H2,1-2H3. The van der Waals surface area contributed by atoms with E-state index in [1.165, 1.54) is 0 Å². The van der Waals surface area contributed by atoms with Crippen molar-refractivity contribution in [3.63, 3.8) is 0 Å². The molecule has 31 heavy (non-hydrogen) atoms. The Hall–Kier alpha value is -3.56. The second-order valence-electron chi connectivity index (χ2n) is 8.27. The quantitative estimate of drug-likeness (QED) is 0.601. The zero-order valence-corrected chi connectivity index (χ0v) is 17.7. The van der Waals surface area contributed by atoms with Crippen LogP contribution in [-0.4, -0.2) is 68.5 Å². The Labute approximate surface area is 180 Å². The highest BCUT2D eigenvalue weighted by molar-refractivity contribution is 5.75. The maximum absolute atomic E-state index is 9.32. The fourth-order valence-corrected chi connectivity index (χ4v) is 4.82. The summed E-state index contributed by atoms with van der Waals surface area (Å²) in [5.74, 6) is 0.622. The molecule has 5 heterocycles. The van der Waals surface area contributed by atoms with Gasteiger partial charge in [-0.25, -0.2) is 4.52 Å². The molecule has 5 rings (SSSR count). The number of methoxy groups -OCH3 is 1. The second kappa shape index (κ2) is 7.60. The van der Waals surface area contributed by atoms with Gasteiger partial charge in [0, 0.05) is 55.2 Å². The molecule has 2 fully saturated rings. The Balaban J connectivity index is 1.35. The normalized spacial score (nSPS) is 18.0. The summed E-state index contributed by atoms with van der Waals surface area (Å²) in [6, 6.07) is 5.04. The molecule has 0 atom stereocenters. The van der Waals surface area contributed by atoms with E-state index in [2.05, 4.69) is 33.9 Å². The maximum atomic E-state index is 9.32. The van der Waals surface area contributed by atoms with Crippen LogP contribution in [0.25, 0.3) is 16.6 Å². The highest BCUT2D eigenvalue weighted by Gasteiger charge is 2.36. The predicted octanol–water partition coefficient (Wildman–Crippen LogP) is 2.19. The van der Waals surface area contributed by atoms with Crippen LogP contribution < -0.4 is 4.74 Å². The molecule has 9 nitrogen and oxygen atoms in total. The molecule has 2 aliphatic heterocycles.